The van der Waals surface area contributed by atoms with Crippen LogP contribution in [0.25, 0.3) is 0 Å². The molecule has 0 aliphatic carbocycles. The Morgan fingerprint density at radius 3 is 2.20 bits per heavy atom. The summed E-state index contributed by atoms with van der Waals surface area (Å²) in [6, 6.07) is 0. The van der Waals surface area contributed by atoms with Crippen molar-refractivity contribution in [1.29, 1.82) is 0 Å². The quantitative estimate of drug-likeness (QED) is 0.589. The number of hydrogen-bond acceptors (Lipinski definition) is 2. The van der Waals surface area contributed by atoms with Crippen molar-refractivity contribution >= 4 is 0 Å². The zero-order chi connectivity index (χ0) is 7.98. The lowest BCUT2D eigenvalue weighted by Gasteiger charge is -2.15. The van der Waals surface area contributed by atoms with Crippen LogP contribution in [0.2, 0.25) is 0 Å². The second-order valence-electron chi connectivity index (χ2n) is 2.55. The number of methoxy groups -OCH3 is 1. The van der Waals surface area contributed by atoms with E-state index in [4.69, 9.17) is 9.47 Å². The molecule has 0 heterocycles. The Hall–Kier alpha value is -0.0800. The highest BCUT2D eigenvalue weighted by Gasteiger charge is 2.06. The van der Waals surface area contributed by atoms with Crippen molar-refractivity contribution in [3.8, 4) is 0 Å². The van der Waals surface area contributed by atoms with Crippen molar-refractivity contribution in [2.45, 2.75) is 39.4 Å². The van der Waals surface area contributed by atoms with E-state index < -0.39 is 0 Å². The Balaban J connectivity index is 3.27. The summed E-state index contributed by atoms with van der Waals surface area (Å²) in [4.78, 5) is 0. The normalized spacial score (nSPS) is 16.8. The van der Waals surface area contributed by atoms with E-state index >= 15 is 0 Å². The lowest BCUT2D eigenvalue weighted by Crippen LogP contribution is -2.16. The Morgan fingerprint density at radius 1 is 1.20 bits per heavy atom. The van der Waals surface area contributed by atoms with Gasteiger partial charge in [0, 0.05) is 13.7 Å². The average molecular weight is 146 g/mol. The molecule has 0 aromatic carbocycles. The molecule has 0 N–H and O–H groups in total. The molecule has 2 atom stereocenters. The Kier molecular flexibility index (Phi) is 5.64. The fourth-order valence-corrected chi connectivity index (χ4v) is 0.916. The highest BCUT2D eigenvalue weighted by Crippen LogP contribution is 2.03. The highest BCUT2D eigenvalue weighted by atomic mass is 16.5. The van der Waals surface area contributed by atoms with Crippen LogP contribution in [-0.2, 0) is 9.47 Å². The summed E-state index contributed by atoms with van der Waals surface area (Å²) in [5.41, 5.74) is 0. The molecule has 2 nitrogen and oxygen atoms in total. The molecule has 62 valence electrons. The Labute approximate surface area is 63.5 Å². The van der Waals surface area contributed by atoms with Crippen molar-refractivity contribution in [2.24, 2.45) is 0 Å². The standard InChI is InChI=1S/C8H18O2/c1-5-10-8(3)6-7(2)9-4/h7-8H,5-6H2,1-4H3. The van der Waals surface area contributed by atoms with Crippen LogP contribution in [0.3, 0.4) is 0 Å². The first kappa shape index (κ1) is 9.92. The maximum atomic E-state index is 5.33. The minimum atomic E-state index is 0.307. The van der Waals surface area contributed by atoms with Crippen LogP contribution in [-0.4, -0.2) is 25.9 Å². The maximum absolute atomic E-state index is 5.33. The van der Waals surface area contributed by atoms with E-state index in [9.17, 15) is 0 Å². The van der Waals surface area contributed by atoms with Crippen LogP contribution >= 0.6 is 0 Å². The van der Waals surface area contributed by atoms with Gasteiger partial charge in [0.2, 0.25) is 0 Å². The van der Waals surface area contributed by atoms with Gasteiger partial charge in [-0.25, -0.2) is 0 Å². The van der Waals surface area contributed by atoms with Crippen LogP contribution in [0.1, 0.15) is 27.2 Å². The van der Waals surface area contributed by atoms with E-state index in [1.54, 1.807) is 7.11 Å². The van der Waals surface area contributed by atoms with Gasteiger partial charge >= 0.3 is 0 Å². The molecule has 0 saturated carbocycles. The fraction of sp³-hybridized carbons (Fsp3) is 1.00. The first-order valence-electron chi connectivity index (χ1n) is 3.85. The number of hydrogen-bond donors (Lipinski definition) is 0. The smallest absolute Gasteiger partial charge is 0.0571 e. The molecule has 0 radical (unpaired) electrons. The van der Waals surface area contributed by atoms with Gasteiger partial charge in [0.25, 0.3) is 0 Å². The third kappa shape index (κ3) is 4.77. The van der Waals surface area contributed by atoms with Gasteiger partial charge in [-0.15, -0.1) is 0 Å². The van der Waals surface area contributed by atoms with Gasteiger partial charge in [0.15, 0.2) is 0 Å². The largest absolute Gasteiger partial charge is 0.382 e. The van der Waals surface area contributed by atoms with Gasteiger partial charge in [-0.05, 0) is 27.2 Å². The molecule has 0 spiro atoms. The van der Waals surface area contributed by atoms with E-state index in [1.807, 2.05) is 6.92 Å². The lowest BCUT2D eigenvalue weighted by atomic mass is 10.2. The summed E-state index contributed by atoms with van der Waals surface area (Å²) in [6.07, 6.45) is 1.60. The molecule has 0 amide bonds. The van der Waals surface area contributed by atoms with Crippen LogP contribution < -0.4 is 0 Å². The average Bonchev–Trinajstić information content (AvgIpc) is 1.88. The predicted octanol–water partition coefficient (Wildman–Crippen LogP) is 1.84. The molecule has 0 fully saturated rings. The first-order valence-corrected chi connectivity index (χ1v) is 3.85. The van der Waals surface area contributed by atoms with Gasteiger partial charge in [-0.1, -0.05) is 0 Å². The van der Waals surface area contributed by atoms with E-state index in [2.05, 4.69) is 13.8 Å². The predicted molar refractivity (Wildman–Crippen MR) is 42.2 cm³/mol. The molecule has 0 aliphatic heterocycles. The van der Waals surface area contributed by atoms with Gasteiger partial charge in [0.1, 0.15) is 0 Å². The molecular formula is C8H18O2. The Morgan fingerprint density at radius 2 is 1.80 bits per heavy atom. The molecule has 0 saturated heterocycles. The van der Waals surface area contributed by atoms with Crippen molar-refractivity contribution in [3.05, 3.63) is 0 Å². The molecule has 0 aromatic heterocycles. The van der Waals surface area contributed by atoms with E-state index in [-0.39, 0.29) is 0 Å². The molecule has 2 heteroatoms. The third-order valence-electron chi connectivity index (χ3n) is 1.52. The summed E-state index contributed by atoms with van der Waals surface area (Å²) in [5.74, 6) is 0. The van der Waals surface area contributed by atoms with Gasteiger partial charge < -0.3 is 9.47 Å². The lowest BCUT2D eigenvalue weighted by molar-refractivity contribution is 0.0199. The Bertz CT molecular complexity index is 73.7. The summed E-state index contributed by atoms with van der Waals surface area (Å²) in [6.45, 7) is 6.92. The van der Waals surface area contributed by atoms with E-state index in [1.165, 1.54) is 0 Å². The van der Waals surface area contributed by atoms with Crippen molar-refractivity contribution < 1.29 is 9.47 Å². The zero-order valence-corrected chi connectivity index (χ0v) is 7.39. The highest BCUT2D eigenvalue weighted by molar-refractivity contribution is 4.56. The SMILES string of the molecule is CCOC(C)CC(C)OC. The van der Waals surface area contributed by atoms with Crippen LogP contribution in [0.4, 0.5) is 0 Å². The van der Waals surface area contributed by atoms with Crippen LogP contribution in [0.5, 0.6) is 0 Å². The van der Waals surface area contributed by atoms with Gasteiger partial charge in [-0.2, -0.15) is 0 Å². The summed E-state index contributed by atoms with van der Waals surface area (Å²) < 4.78 is 10.4. The molecule has 2 unspecified atom stereocenters. The molecule has 0 aliphatic rings. The monoisotopic (exact) mass is 146 g/mol. The summed E-state index contributed by atoms with van der Waals surface area (Å²) >= 11 is 0. The fourth-order valence-electron chi connectivity index (χ4n) is 0.916. The molecule has 10 heavy (non-hydrogen) atoms. The maximum Gasteiger partial charge on any atom is 0.0571 e. The summed E-state index contributed by atoms with van der Waals surface area (Å²) in [5, 5.41) is 0. The molecule has 0 aromatic rings. The van der Waals surface area contributed by atoms with Crippen molar-refractivity contribution in [2.75, 3.05) is 13.7 Å². The van der Waals surface area contributed by atoms with Crippen LogP contribution in [0.15, 0.2) is 0 Å². The second-order valence-corrected chi connectivity index (χ2v) is 2.55. The summed E-state index contributed by atoms with van der Waals surface area (Å²) in [7, 11) is 1.73. The van der Waals surface area contributed by atoms with Crippen molar-refractivity contribution in [3.63, 3.8) is 0 Å². The van der Waals surface area contributed by atoms with E-state index in [0.717, 1.165) is 13.0 Å². The van der Waals surface area contributed by atoms with Gasteiger partial charge in [0.05, 0.1) is 12.2 Å². The molecule has 0 bridgehead atoms. The molecule has 0 rings (SSSR count). The molecular weight excluding hydrogens is 128 g/mol. The zero-order valence-electron chi connectivity index (χ0n) is 7.39. The van der Waals surface area contributed by atoms with Crippen molar-refractivity contribution in [1.82, 2.24) is 0 Å². The first-order chi connectivity index (χ1) is 4.70. The topological polar surface area (TPSA) is 18.5 Å². The number of rotatable bonds is 5. The second kappa shape index (κ2) is 5.69. The van der Waals surface area contributed by atoms with E-state index in [0.29, 0.717) is 12.2 Å². The third-order valence-corrected chi connectivity index (χ3v) is 1.52. The number of ether oxygens (including phenoxy) is 2. The van der Waals surface area contributed by atoms with Crippen LogP contribution in [0, 0.1) is 0 Å². The minimum Gasteiger partial charge on any atom is -0.382 e. The minimum absolute atomic E-state index is 0.307. The van der Waals surface area contributed by atoms with Gasteiger partial charge in [-0.3, -0.25) is 0 Å².